The molecule has 0 unspecified atom stereocenters. The van der Waals surface area contributed by atoms with Crippen LogP contribution in [0, 0.1) is 0 Å². The smallest absolute Gasteiger partial charge is 0.123 e. The highest BCUT2D eigenvalue weighted by molar-refractivity contribution is 5.38. The molecule has 0 saturated heterocycles. The molecule has 1 aromatic carbocycles. The van der Waals surface area contributed by atoms with Crippen molar-refractivity contribution in [2.45, 2.75) is 59.8 Å². The van der Waals surface area contributed by atoms with Crippen LogP contribution in [0.3, 0.4) is 0 Å². The van der Waals surface area contributed by atoms with Crippen molar-refractivity contribution in [3.05, 3.63) is 29.8 Å². The standard InChI is InChI=1S/C15H24O.CH4/c1-5-11-15(3,4)13-9-7-8-10-14(13)16-12-6-2;/h7-10H,5-6,11-12H2,1-4H3;1H4. The molecule has 0 fully saturated rings. The Balaban J connectivity index is 0.00000256. The highest BCUT2D eigenvalue weighted by Crippen LogP contribution is 2.34. The summed E-state index contributed by atoms with van der Waals surface area (Å²) in [5.74, 6) is 1.06. The van der Waals surface area contributed by atoms with Gasteiger partial charge < -0.3 is 4.74 Å². The first-order valence-corrected chi connectivity index (χ1v) is 6.34. The fourth-order valence-corrected chi connectivity index (χ4v) is 2.12. The molecule has 1 heteroatoms. The predicted octanol–water partition coefficient (Wildman–Crippen LogP) is 5.19. The molecule has 0 heterocycles. The van der Waals surface area contributed by atoms with Crippen LogP contribution >= 0.6 is 0 Å². The molecule has 0 spiro atoms. The van der Waals surface area contributed by atoms with Gasteiger partial charge in [-0.25, -0.2) is 0 Å². The molecule has 0 radical (unpaired) electrons. The number of hydrogen-bond acceptors (Lipinski definition) is 1. The monoisotopic (exact) mass is 236 g/mol. The van der Waals surface area contributed by atoms with Crippen LogP contribution in [0.5, 0.6) is 5.75 Å². The Morgan fingerprint density at radius 2 is 1.71 bits per heavy atom. The number of rotatable bonds is 6. The van der Waals surface area contributed by atoms with Crippen molar-refractivity contribution in [3.8, 4) is 5.75 Å². The van der Waals surface area contributed by atoms with E-state index >= 15 is 0 Å². The lowest BCUT2D eigenvalue weighted by Crippen LogP contribution is -2.18. The zero-order valence-corrected chi connectivity index (χ0v) is 11.0. The largest absolute Gasteiger partial charge is 0.493 e. The topological polar surface area (TPSA) is 9.23 Å². The van der Waals surface area contributed by atoms with Gasteiger partial charge in [0.1, 0.15) is 5.75 Å². The molecule has 0 bridgehead atoms. The molecule has 0 atom stereocenters. The Hall–Kier alpha value is -0.980. The first kappa shape index (κ1) is 16.0. The Kier molecular flexibility index (Phi) is 6.94. The molecule has 0 aromatic heterocycles. The van der Waals surface area contributed by atoms with Crippen LogP contribution in [-0.4, -0.2) is 6.61 Å². The van der Waals surface area contributed by atoms with Crippen molar-refractivity contribution >= 4 is 0 Å². The molecule has 17 heavy (non-hydrogen) atoms. The van der Waals surface area contributed by atoms with E-state index in [-0.39, 0.29) is 12.8 Å². The third kappa shape index (κ3) is 4.41. The van der Waals surface area contributed by atoms with Crippen LogP contribution in [0.15, 0.2) is 24.3 Å². The summed E-state index contributed by atoms with van der Waals surface area (Å²) in [6.07, 6.45) is 3.46. The van der Waals surface area contributed by atoms with Crippen molar-refractivity contribution in [1.82, 2.24) is 0 Å². The van der Waals surface area contributed by atoms with E-state index in [9.17, 15) is 0 Å². The van der Waals surface area contributed by atoms with Crippen molar-refractivity contribution in [1.29, 1.82) is 0 Å². The molecule has 0 aliphatic rings. The Labute approximate surface area is 107 Å². The molecule has 0 N–H and O–H groups in total. The van der Waals surface area contributed by atoms with Crippen LogP contribution in [-0.2, 0) is 5.41 Å². The van der Waals surface area contributed by atoms with E-state index in [1.807, 2.05) is 0 Å². The first-order valence-electron chi connectivity index (χ1n) is 6.34. The minimum absolute atomic E-state index is 0. The number of ether oxygens (including phenoxy) is 1. The van der Waals surface area contributed by atoms with Crippen LogP contribution in [0.25, 0.3) is 0 Å². The van der Waals surface area contributed by atoms with E-state index in [1.54, 1.807) is 0 Å². The van der Waals surface area contributed by atoms with Gasteiger partial charge in [0, 0.05) is 0 Å². The molecule has 0 aliphatic heterocycles. The Morgan fingerprint density at radius 3 is 2.29 bits per heavy atom. The van der Waals surface area contributed by atoms with Crippen molar-refractivity contribution in [3.63, 3.8) is 0 Å². The van der Waals surface area contributed by atoms with E-state index in [2.05, 4.69) is 52.0 Å². The van der Waals surface area contributed by atoms with Gasteiger partial charge in [-0.1, -0.05) is 59.7 Å². The number of hydrogen-bond donors (Lipinski definition) is 0. The minimum atomic E-state index is 0. The summed E-state index contributed by atoms with van der Waals surface area (Å²) < 4.78 is 5.82. The van der Waals surface area contributed by atoms with Gasteiger partial charge in [0.25, 0.3) is 0 Å². The minimum Gasteiger partial charge on any atom is -0.493 e. The van der Waals surface area contributed by atoms with Gasteiger partial charge in [0.05, 0.1) is 6.61 Å². The van der Waals surface area contributed by atoms with Gasteiger partial charge in [-0.3, -0.25) is 0 Å². The van der Waals surface area contributed by atoms with Gasteiger partial charge in [0.15, 0.2) is 0 Å². The van der Waals surface area contributed by atoms with Crippen LogP contribution in [0.4, 0.5) is 0 Å². The van der Waals surface area contributed by atoms with Crippen LogP contribution in [0.1, 0.15) is 59.9 Å². The summed E-state index contributed by atoms with van der Waals surface area (Å²) >= 11 is 0. The van der Waals surface area contributed by atoms with Crippen molar-refractivity contribution in [2.75, 3.05) is 6.61 Å². The van der Waals surface area contributed by atoms with Crippen LogP contribution < -0.4 is 4.74 Å². The van der Waals surface area contributed by atoms with Crippen molar-refractivity contribution in [2.24, 2.45) is 0 Å². The second-order valence-corrected chi connectivity index (χ2v) is 4.98. The van der Waals surface area contributed by atoms with E-state index in [4.69, 9.17) is 4.74 Å². The summed E-state index contributed by atoms with van der Waals surface area (Å²) in [5.41, 5.74) is 1.55. The third-order valence-electron chi connectivity index (χ3n) is 2.95. The number of benzene rings is 1. The molecule has 0 amide bonds. The average Bonchev–Trinajstić information content (AvgIpc) is 2.26. The van der Waals surface area contributed by atoms with E-state index in [0.717, 1.165) is 18.8 Å². The lowest BCUT2D eigenvalue weighted by atomic mass is 9.80. The molecule has 98 valence electrons. The summed E-state index contributed by atoms with van der Waals surface area (Å²) in [4.78, 5) is 0. The fourth-order valence-electron chi connectivity index (χ4n) is 2.12. The second kappa shape index (κ2) is 7.37. The molecule has 0 saturated carbocycles. The molecule has 0 aliphatic carbocycles. The molecule has 1 aromatic rings. The third-order valence-corrected chi connectivity index (χ3v) is 2.95. The predicted molar refractivity (Wildman–Crippen MR) is 76.9 cm³/mol. The zero-order valence-electron chi connectivity index (χ0n) is 11.0. The molecule has 1 rings (SSSR count). The first-order chi connectivity index (χ1) is 7.61. The summed E-state index contributed by atoms with van der Waals surface area (Å²) in [6.45, 7) is 9.77. The summed E-state index contributed by atoms with van der Waals surface area (Å²) in [5, 5.41) is 0. The van der Waals surface area contributed by atoms with Gasteiger partial charge in [0.2, 0.25) is 0 Å². The normalized spacial score (nSPS) is 10.8. The van der Waals surface area contributed by atoms with Crippen molar-refractivity contribution < 1.29 is 4.74 Å². The maximum absolute atomic E-state index is 5.82. The maximum Gasteiger partial charge on any atom is 0.123 e. The van der Waals surface area contributed by atoms with Crippen LogP contribution in [0.2, 0.25) is 0 Å². The fraction of sp³-hybridized carbons (Fsp3) is 0.625. The quantitative estimate of drug-likeness (QED) is 0.660. The summed E-state index contributed by atoms with van der Waals surface area (Å²) in [6, 6.07) is 8.44. The second-order valence-electron chi connectivity index (χ2n) is 4.98. The average molecular weight is 236 g/mol. The SMILES string of the molecule is C.CCCOc1ccccc1C(C)(C)CCC. The van der Waals surface area contributed by atoms with Gasteiger partial charge >= 0.3 is 0 Å². The lowest BCUT2D eigenvalue weighted by Gasteiger charge is -2.27. The Bertz CT molecular complexity index is 315. The Morgan fingerprint density at radius 1 is 1.06 bits per heavy atom. The van der Waals surface area contributed by atoms with Gasteiger partial charge in [-0.05, 0) is 29.9 Å². The highest BCUT2D eigenvalue weighted by Gasteiger charge is 2.22. The van der Waals surface area contributed by atoms with Gasteiger partial charge in [-0.2, -0.15) is 0 Å². The number of para-hydroxylation sites is 1. The molecular weight excluding hydrogens is 208 g/mol. The zero-order chi connectivity index (χ0) is 12.0. The van der Waals surface area contributed by atoms with E-state index in [1.165, 1.54) is 18.4 Å². The van der Waals surface area contributed by atoms with E-state index < -0.39 is 0 Å². The molecule has 1 nitrogen and oxygen atoms in total. The lowest BCUT2D eigenvalue weighted by molar-refractivity contribution is 0.305. The summed E-state index contributed by atoms with van der Waals surface area (Å²) in [7, 11) is 0. The highest BCUT2D eigenvalue weighted by atomic mass is 16.5. The molecular formula is C16H28O. The van der Waals surface area contributed by atoms with Gasteiger partial charge in [-0.15, -0.1) is 0 Å². The maximum atomic E-state index is 5.82. The van der Waals surface area contributed by atoms with E-state index in [0.29, 0.717) is 0 Å².